The number of nitrogens with zero attached hydrogens (tertiary/aromatic N) is 2. The number of aryl methyl sites for hydroxylation is 1. The van der Waals surface area contributed by atoms with Crippen LogP contribution >= 0.6 is 0 Å². The summed E-state index contributed by atoms with van der Waals surface area (Å²) in [7, 11) is 1.26. The number of benzene rings is 2. The molecule has 232 valence electrons. The number of aliphatic hydroxyl groups is 1. The highest BCUT2D eigenvalue weighted by Crippen LogP contribution is 2.35. The molecule has 1 aliphatic heterocycles. The predicted octanol–water partition coefficient (Wildman–Crippen LogP) is 3.99. The van der Waals surface area contributed by atoms with Crippen LogP contribution in [0.1, 0.15) is 42.3 Å². The molecule has 14 heteroatoms. The van der Waals surface area contributed by atoms with Crippen molar-refractivity contribution < 1.29 is 38.2 Å². The molecule has 14 nitrogen and oxygen atoms in total. The SMILES string of the molecule is CCOc1cc([C@H]2NC(=O)NC(C)=C2C(=O)OC)ccc1OC[C@H](O)N/N=C/c1ccc(-c2cc(C)c(C)c([N+](=O)[O-])c2)o1. The van der Waals surface area contributed by atoms with E-state index in [4.69, 9.17) is 18.6 Å². The summed E-state index contributed by atoms with van der Waals surface area (Å²) in [6, 6.07) is 10.3. The first-order valence-electron chi connectivity index (χ1n) is 13.6. The Morgan fingerprint density at radius 1 is 1.18 bits per heavy atom. The fourth-order valence-electron chi connectivity index (χ4n) is 4.56. The number of amides is 2. The van der Waals surface area contributed by atoms with Crippen molar-refractivity contribution >= 4 is 23.9 Å². The number of urea groups is 1. The fraction of sp³-hybridized carbons (Fsp3) is 0.300. The first kappa shape index (κ1) is 31.6. The summed E-state index contributed by atoms with van der Waals surface area (Å²) >= 11 is 0. The molecule has 2 amide bonds. The summed E-state index contributed by atoms with van der Waals surface area (Å²) in [5, 5.41) is 31.0. The van der Waals surface area contributed by atoms with Gasteiger partial charge < -0.3 is 34.4 Å². The number of hydrazone groups is 1. The highest BCUT2D eigenvalue weighted by molar-refractivity contribution is 5.95. The number of rotatable bonds is 12. The van der Waals surface area contributed by atoms with Gasteiger partial charge in [0.1, 0.15) is 18.1 Å². The summed E-state index contributed by atoms with van der Waals surface area (Å²) in [6.45, 7) is 6.99. The highest BCUT2D eigenvalue weighted by Gasteiger charge is 2.32. The van der Waals surface area contributed by atoms with Crippen LogP contribution in [0.2, 0.25) is 0 Å². The fourth-order valence-corrected chi connectivity index (χ4v) is 4.56. The van der Waals surface area contributed by atoms with Gasteiger partial charge in [0.2, 0.25) is 0 Å². The van der Waals surface area contributed by atoms with Gasteiger partial charge in [0.15, 0.2) is 17.7 Å². The van der Waals surface area contributed by atoms with Gasteiger partial charge in [-0.1, -0.05) is 6.07 Å². The second-order valence-corrected chi connectivity index (χ2v) is 9.81. The molecular formula is C30H33N5O9. The second kappa shape index (κ2) is 13.7. The lowest BCUT2D eigenvalue weighted by Crippen LogP contribution is -2.45. The molecule has 0 aliphatic carbocycles. The molecule has 0 spiro atoms. The van der Waals surface area contributed by atoms with E-state index in [0.29, 0.717) is 52.0 Å². The van der Waals surface area contributed by atoms with E-state index in [1.807, 2.05) is 6.07 Å². The van der Waals surface area contributed by atoms with Crippen LogP contribution in [0.15, 0.2) is 63.3 Å². The number of methoxy groups -OCH3 is 1. The van der Waals surface area contributed by atoms with Crippen molar-refractivity contribution in [1.82, 2.24) is 16.1 Å². The van der Waals surface area contributed by atoms with Crippen LogP contribution in [-0.4, -0.2) is 54.8 Å². The van der Waals surface area contributed by atoms with Crippen LogP contribution in [0.25, 0.3) is 11.3 Å². The average Bonchev–Trinajstić information content (AvgIpc) is 3.46. The minimum atomic E-state index is -1.21. The summed E-state index contributed by atoms with van der Waals surface area (Å²) in [5.41, 5.74) is 5.65. The molecule has 1 aliphatic rings. The summed E-state index contributed by atoms with van der Waals surface area (Å²) in [4.78, 5) is 35.5. The van der Waals surface area contributed by atoms with E-state index in [1.165, 1.54) is 19.4 Å². The molecule has 0 bridgehead atoms. The zero-order chi connectivity index (χ0) is 32.0. The van der Waals surface area contributed by atoms with Gasteiger partial charge in [-0.25, -0.2) is 9.59 Å². The Morgan fingerprint density at radius 3 is 2.66 bits per heavy atom. The lowest BCUT2D eigenvalue weighted by atomic mass is 9.95. The molecule has 2 aromatic carbocycles. The molecule has 4 N–H and O–H groups in total. The first-order chi connectivity index (χ1) is 21.0. The van der Waals surface area contributed by atoms with E-state index < -0.39 is 29.2 Å². The van der Waals surface area contributed by atoms with E-state index in [0.717, 1.165) is 5.56 Å². The smallest absolute Gasteiger partial charge is 0.337 e. The van der Waals surface area contributed by atoms with Crippen LogP contribution in [0.5, 0.6) is 11.5 Å². The van der Waals surface area contributed by atoms with Crippen LogP contribution in [0.3, 0.4) is 0 Å². The Bertz CT molecular complexity index is 1630. The molecule has 4 rings (SSSR count). The number of allylic oxidation sites excluding steroid dienone is 1. The van der Waals surface area contributed by atoms with E-state index in [1.54, 1.807) is 58.0 Å². The maximum absolute atomic E-state index is 12.4. The first-order valence-corrected chi connectivity index (χ1v) is 13.6. The standard InChI is InChI=1S/C30H33N5O9/c1-6-42-25-13-19(28-27(29(37)41-5)18(4)32-30(38)33-28)7-9-24(25)43-15-26(36)34-31-14-21-8-10-23(44-21)20-11-16(2)17(3)22(12-20)35(39)40/h7-14,26,28,34,36H,6,15H2,1-5H3,(H2,32,33,38)/b31-14+/t26-,28+/m0/s1. The maximum atomic E-state index is 12.4. The van der Waals surface area contributed by atoms with Gasteiger partial charge >= 0.3 is 12.0 Å². The number of furan rings is 1. The van der Waals surface area contributed by atoms with Crippen LogP contribution in [-0.2, 0) is 9.53 Å². The highest BCUT2D eigenvalue weighted by atomic mass is 16.6. The van der Waals surface area contributed by atoms with Gasteiger partial charge in [-0.2, -0.15) is 5.10 Å². The third-order valence-corrected chi connectivity index (χ3v) is 6.84. The van der Waals surface area contributed by atoms with Crippen molar-refractivity contribution in [1.29, 1.82) is 0 Å². The van der Waals surface area contributed by atoms with Gasteiger partial charge in [-0.05, 0) is 69.2 Å². The monoisotopic (exact) mass is 607 g/mol. The van der Waals surface area contributed by atoms with Crippen molar-refractivity contribution in [3.05, 3.63) is 86.3 Å². The molecule has 3 aromatic rings. The summed E-state index contributed by atoms with van der Waals surface area (Å²) in [5.74, 6) is 0.857. The number of nitro groups is 1. The molecule has 44 heavy (non-hydrogen) atoms. The molecule has 2 atom stereocenters. The van der Waals surface area contributed by atoms with Crippen molar-refractivity contribution in [3.8, 4) is 22.8 Å². The van der Waals surface area contributed by atoms with Crippen LogP contribution in [0, 0.1) is 24.0 Å². The number of ether oxygens (including phenoxy) is 3. The number of hydrogen-bond acceptors (Lipinski definition) is 11. The normalized spacial score (nSPS) is 15.4. The minimum absolute atomic E-state index is 0.00877. The lowest BCUT2D eigenvalue weighted by Gasteiger charge is -2.28. The minimum Gasteiger partial charge on any atom is -0.490 e. The zero-order valence-corrected chi connectivity index (χ0v) is 24.8. The lowest BCUT2D eigenvalue weighted by molar-refractivity contribution is -0.385. The van der Waals surface area contributed by atoms with Crippen molar-refractivity contribution in [2.75, 3.05) is 20.3 Å². The molecule has 0 fully saturated rings. The number of carbonyl (C=O) groups excluding carboxylic acids is 2. The Labute approximate surface area is 252 Å². The van der Waals surface area contributed by atoms with Gasteiger partial charge in [-0.15, -0.1) is 0 Å². The second-order valence-electron chi connectivity index (χ2n) is 9.81. The van der Waals surface area contributed by atoms with Gasteiger partial charge in [0.05, 0.1) is 36.5 Å². The molecule has 0 saturated carbocycles. The van der Waals surface area contributed by atoms with Crippen molar-refractivity contribution in [3.63, 3.8) is 0 Å². The number of esters is 1. The van der Waals surface area contributed by atoms with Crippen LogP contribution < -0.4 is 25.5 Å². The largest absolute Gasteiger partial charge is 0.490 e. The Hall–Kier alpha value is -5.37. The van der Waals surface area contributed by atoms with Crippen molar-refractivity contribution in [2.45, 2.75) is 40.0 Å². The predicted molar refractivity (Wildman–Crippen MR) is 159 cm³/mol. The van der Waals surface area contributed by atoms with Crippen molar-refractivity contribution in [2.24, 2.45) is 5.10 Å². The van der Waals surface area contributed by atoms with Gasteiger partial charge in [0.25, 0.3) is 5.69 Å². The maximum Gasteiger partial charge on any atom is 0.337 e. The number of carbonyl (C=O) groups is 2. The Balaban J connectivity index is 1.40. The summed E-state index contributed by atoms with van der Waals surface area (Å²) < 4.78 is 22.1. The third kappa shape index (κ3) is 7.15. The van der Waals surface area contributed by atoms with E-state index in [-0.39, 0.29) is 17.9 Å². The van der Waals surface area contributed by atoms with E-state index in [2.05, 4.69) is 21.2 Å². The Morgan fingerprint density at radius 2 is 1.95 bits per heavy atom. The van der Waals surface area contributed by atoms with Crippen LogP contribution in [0.4, 0.5) is 10.5 Å². The quantitative estimate of drug-likeness (QED) is 0.0771. The molecule has 0 radical (unpaired) electrons. The summed E-state index contributed by atoms with van der Waals surface area (Å²) in [6.07, 6.45) is 0.141. The third-order valence-electron chi connectivity index (χ3n) is 6.84. The molecule has 1 aromatic heterocycles. The van der Waals surface area contributed by atoms with E-state index >= 15 is 0 Å². The number of aliphatic hydroxyl groups excluding tert-OH is 1. The number of hydrogen-bond donors (Lipinski definition) is 4. The average molecular weight is 608 g/mol. The molecule has 0 saturated heterocycles. The number of nitrogens with one attached hydrogen (secondary N) is 3. The molecular weight excluding hydrogens is 574 g/mol. The van der Waals surface area contributed by atoms with Gasteiger partial charge in [0, 0.05) is 22.9 Å². The number of nitro benzene ring substituents is 1. The molecule has 2 heterocycles. The Kier molecular flexibility index (Phi) is 9.85. The van der Waals surface area contributed by atoms with E-state index in [9.17, 15) is 24.8 Å². The zero-order valence-electron chi connectivity index (χ0n) is 24.8. The topological polar surface area (TPSA) is 187 Å². The van der Waals surface area contributed by atoms with Gasteiger partial charge in [-0.3, -0.25) is 15.5 Å². The molecule has 0 unspecified atom stereocenters.